The molecule has 0 radical (unpaired) electrons. The summed E-state index contributed by atoms with van der Waals surface area (Å²) in [6, 6.07) is 0. The molecule has 0 aromatic carbocycles. The van der Waals surface area contributed by atoms with E-state index in [1.165, 1.54) is 4.88 Å². The monoisotopic (exact) mass is 265 g/mol. The lowest BCUT2D eigenvalue weighted by Gasteiger charge is -2.09. The van der Waals surface area contributed by atoms with Gasteiger partial charge in [-0.05, 0) is 0 Å². The van der Waals surface area contributed by atoms with Gasteiger partial charge in [0.05, 0.1) is 16.7 Å². The van der Waals surface area contributed by atoms with Crippen LogP contribution in [0.4, 0.5) is 5.82 Å². The Labute approximate surface area is 75.7 Å². The molecular weight excluding hydrogens is 261 g/mol. The molecule has 0 amide bonds. The molecule has 10 heavy (non-hydrogen) atoms. The molecule has 1 atom stereocenters. The second kappa shape index (κ2) is 2.46. The van der Waals surface area contributed by atoms with Gasteiger partial charge in [-0.2, -0.15) is 0 Å². The first-order valence-corrected chi connectivity index (χ1v) is 4.86. The van der Waals surface area contributed by atoms with Crippen molar-refractivity contribution in [1.29, 1.82) is 0 Å². The van der Waals surface area contributed by atoms with Crippen molar-refractivity contribution in [3.05, 3.63) is 10.4 Å². The van der Waals surface area contributed by atoms with E-state index in [1.807, 2.05) is 5.51 Å². The molecule has 1 aliphatic rings. The van der Waals surface area contributed by atoms with Crippen LogP contribution in [0.15, 0.2) is 10.5 Å². The van der Waals surface area contributed by atoms with Gasteiger partial charge in [0.1, 0.15) is 9.87 Å². The average molecular weight is 265 g/mol. The Balaban J connectivity index is 2.48. The first-order chi connectivity index (χ1) is 4.88. The molecule has 0 aliphatic carbocycles. The number of fused-ring (bicyclic) bond motifs is 1. The van der Waals surface area contributed by atoms with Crippen molar-refractivity contribution in [3.63, 3.8) is 0 Å². The molecule has 0 saturated heterocycles. The van der Waals surface area contributed by atoms with Crippen LogP contribution in [0.2, 0.25) is 0 Å². The van der Waals surface area contributed by atoms with Gasteiger partial charge in [-0.15, -0.1) is 11.3 Å². The number of aliphatic imine (C=N–C) groups is 1. The maximum Gasteiger partial charge on any atom is 0.148 e. The molecule has 52 valence electrons. The van der Waals surface area contributed by atoms with E-state index in [-0.39, 0.29) is 4.05 Å². The minimum Gasteiger partial charge on any atom is -0.330 e. The van der Waals surface area contributed by atoms with Crippen LogP contribution in [0.5, 0.6) is 0 Å². The average Bonchev–Trinajstić information content (AvgIpc) is 2.36. The third-order valence-electron chi connectivity index (χ3n) is 1.22. The Morgan fingerprint density at radius 3 is 3.40 bits per heavy atom. The summed E-state index contributed by atoms with van der Waals surface area (Å²) in [6.07, 6.45) is 1.69. The molecule has 1 unspecified atom stereocenters. The van der Waals surface area contributed by atoms with E-state index >= 15 is 0 Å². The molecule has 1 aromatic heterocycles. The Bertz CT molecular complexity index is 270. The van der Waals surface area contributed by atoms with E-state index in [1.54, 1.807) is 17.7 Å². The van der Waals surface area contributed by atoms with Crippen LogP contribution < -0.4 is 5.32 Å². The lowest BCUT2D eigenvalue weighted by atomic mass is 10.4. The molecule has 3 nitrogen and oxygen atoms in total. The van der Waals surface area contributed by atoms with Crippen LogP contribution in [-0.2, 0) is 0 Å². The van der Waals surface area contributed by atoms with Crippen molar-refractivity contribution in [2.45, 2.75) is 4.05 Å². The zero-order chi connectivity index (χ0) is 6.97. The third kappa shape index (κ3) is 0.929. The maximum atomic E-state index is 4.16. The van der Waals surface area contributed by atoms with Gasteiger partial charge in [0, 0.05) is 0 Å². The number of halogens is 1. The summed E-state index contributed by atoms with van der Waals surface area (Å²) in [4.78, 5) is 9.49. The minimum atomic E-state index is 0.251. The van der Waals surface area contributed by atoms with E-state index in [0.29, 0.717) is 0 Å². The minimum absolute atomic E-state index is 0.251. The van der Waals surface area contributed by atoms with Gasteiger partial charge in [-0.1, -0.05) is 22.6 Å². The van der Waals surface area contributed by atoms with Crippen LogP contribution in [0, 0.1) is 0 Å². The first-order valence-electron chi connectivity index (χ1n) is 2.73. The lowest BCUT2D eigenvalue weighted by Crippen LogP contribution is -2.04. The maximum absolute atomic E-state index is 4.16. The third-order valence-corrected chi connectivity index (χ3v) is 3.47. The number of anilines is 1. The van der Waals surface area contributed by atoms with Crippen LogP contribution in [0.25, 0.3) is 0 Å². The van der Waals surface area contributed by atoms with E-state index in [2.05, 4.69) is 37.9 Å². The van der Waals surface area contributed by atoms with Gasteiger partial charge >= 0.3 is 0 Å². The molecule has 1 N–H and O–H groups in total. The second-order valence-corrected chi connectivity index (χ2v) is 3.89. The van der Waals surface area contributed by atoms with Gasteiger partial charge in [0.2, 0.25) is 0 Å². The summed E-state index contributed by atoms with van der Waals surface area (Å²) in [5.74, 6) is 0.958. The van der Waals surface area contributed by atoms with Crippen LogP contribution in [0.1, 0.15) is 8.93 Å². The lowest BCUT2D eigenvalue weighted by molar-refractivity contribution is 1.09. The fraction of sp³-hybridized carbons (Fsp3) is 0.200. The molecular formula is C5H4IN3S. The van der Waals surface area contributed by atoms with E-state index in [0.717, 1.165) is 5.82 Å². The molecule has 0 bridgehead atoms. The number of hydrogen-bond donors (Lipinski definition) is 1. The Morgan fingerprint density at radius 2 is 2.60 bits per heavy atom. The van der Waals surface area contributed by atoms with Crippen molar-refractivity contribution >= 4 is 46.1 Å². The van der Waals surface area contributed by atoms with Crippen LogP contribution in [0.3, 0.4) is 0 Å². The summed E-state index contributed by atoms with van der Waals surface area (Å²) in [7, 11) is 0. The second-order valence-electron chi connectivity index (χ2n) is 1.82. The van der Waals surface area contributed by atoms with Crippen LogP contribution >= 0.6 is 33.9 Å². The molecule has 0 saturated carbocycles. The number of hydrogen-bond acceptors (Lipinski definition) is 4. The first kappa shape index (κ1) is 6.53. The highest BCUT2D eigenvalue weighted by atomic mass is 127. The van der Waals surface area contributed by atoms with Crippen LogP contribution in [-0.4, -0.2) is 11.3 Å². The van der Waals surface area contributed by atoms with Gasteiger partial charge < -0.3 is 5.32 Å². The fourth-order valence-electron chi connectivity index (χ4n) is 0.764. The Hall–Kier alpha value is -0.170. The topological polar surface area (TPSA) is 37.3 Å². The highest BCUT2D eigenvalue weighted by molar-refractivity contribution is 14.1. The molecule has 2 rings (SSSR count). The summed E-state index contributed by atoms with van der Waals surface area (Å²) >= 11 is 3.92. The largest absolute Gasteiger partial charge is 0.330 e. The van der Waals surface area contributed by atoms with Gasteiger partial charge in [-0.25, -0.2) is 4.98 Å². The highest BCUT2D eigenvalue weighted by Crippen LogP contribution is 2.35. The molecule has 0 spiro atoms. The summed E-state index contributed by atoms with van der Waals surface area (Å²) in [5, 5.41) is 2.98. The predicted octanol–water partition coefficient (Wildman–Crippen LogP) is 2.03. The van der Waals surface area contributed by atoms with Crippen molar-refractivity contribution in [1.82, 2.24) is 4.98 Å². The molecule has 0 fully saturated rings. The zero-order valence-electron chi connectivity index (χ0n) is 4.91. The molecule has 1 aliphatic heterocycles. The van der Waals surface area contributed by atoms with Gasteiger partial charge in [-0.3, -0.25) is 4.99 Å². The van der Waals surface area contributed by atoms with Crippen molar-refractivity contribution in [2.24, 2.45) is 4.99 Å². The highest BCUT2D eigenvalue weighted by Gasteiger charge is 2.15. The number of thiazole rings is 1. The number of nitrogens with zero attached hydrogens (tertiary/aromatic N) is 2. The van der Waals surface area contributed by atoms with Crippen molar-refractivity contribution < 1.29 is 0 Å². The summed E-state index contributed by atoms with van der Waals surface area (Å²) in [6.45, 7) is 0. The number of nitrogens with one attached hydrogen (secondary N) is 1. The molecule has 1 aromatic rings. The van der Waals surface area contributed by atoms with Gasteiger partial charge in [0.25, 0.3) is 0 Å². The number of alkyl halides is 1. The SMILES string of the molecule is IC1N=CNc2ncsc21. The zero-order valence-corrected chi connectivity index (χ0v) is 7.89. The summed E-state index contributed by atoms with van der Waals surface area (Å²) in [5.41, 5.74) is 1.83. The predicted molar refractivity (Wildman–Crippen MR) is 51.0 cm³/mol. The number of rotatable bonds is 0. The summed E-state index contributed by atoms with van der Waals surface area (Å²) < 4.78 is 0.251. The van der Waals surface area contributed by atoms with E-state index < -0.39 is 0 Å². The number of aromatic nitrogens is 1. The smallest absolute Gasteiger partial charge is 0.148 e. The van der Waals surface area contributed by atoms with Crippen molar-refractivity contribution in [3.8, 4) is 0 Å². The van der Waals surface area contributed by atoms with E-state index in [9.17, 15) is 0 Å². The van der Waals surface area contributed by atoms with Crippen molar-refractivity contribution in [2.75, 3.05) is 5.32 Å². The van der Waals surface area contributed by atoms with Gasteiger partial charge in [0.15, 0.2) is 0 Å². The molecule has 5 heteroatoms. The Morgan fingerprint density at radius 1 is 1.70 bits per heavy atom. The molecule has 2 heterocycles. The van der Waals surface area contributed by atoms with E-state index in [4.69, 9.17) is 0 Å². The quantitative estimate of drug-likeness (QED) is 0.442. The Kier molecular flexibility index (Phi) is 1.61. The fourth-order valence-corrected chi connectivity index (χ4v) is 2.33. The normalized spacial score (nSPS) is 21.9. The standard InChI is InChI=1S/C5H4IN3S/c6-4-3-5(8-1-7-4)9-2-10-3/h1-2,4H,(H,7,8).